The van der Waals surface area contributed by atoms with Gasteiger partial charge in [-0.25, -0.2) is 0 Å². The largest absolute Gasteiger partial charge is 0.332 e. The van der Waals surface area contributed by atoms with Crippen molar-refractivity contribution in [2.45, 2.75) is 33.4 Å². The third-order valence-corrected chi connectivity index (χ3v) is 4.85. The fourth-order valence-electron chi connectivity index (χ4n) is 3.11. The SMILES string of the molecule is Cc1ccc(C(=O)N(Cc2ccccc2)C(C)C)cc1NC(=O)c1ccccc1. The van der Waals surface area contributed by atoms with Gasteiger partial charge in [0.05, 0.1) is 0 Å². The van der Waals surface area contributed by atoms with Gasteiger partial charge in [0, 0.05) is 29.4 Å². The van der Waals surface area contributed by atoms with E-state index in [9.17, 15) is 9.59 Å². The van der Waals surface area contributed by atoms with E-state index >= 15 is 0 Å². The van der Waals surface area contributed by atoms with Gasteiger partial charge in [-0.05, 0) is 56.2 Å². The van der Waals surface area contributed by atoms with Gasteiger partial charge in [0.25, 0.3) is 11.8 Å². The van der Waals surface area contributed by atoms with Crippen LogP contribution < -0.4 is 5.32 Å². The minimum absolute atomic E-state index is 0.0476. The molecular weight excluding hydrogens is 360 g/mol. The zero-order chi connectivity index (χ0) is 20.8. The second-order valence-corrected chi connectivity index (χ2v) is 7.36. The molecule has 1 N–H and O–H groups in total. The summed E-state index contributed by atoms with van der Waals surface area (Å²) in [7, 11) is 0. The fourth-order valence-corrected chi connectivity index (χ4v) is 3.11. The maximum Gasteiger partial charge on any atom is 0.255 e. The molecule has 0 bridgehead atoms. The van der Waals surface area contributed by atoms with Gasteiger partial charge in [-0.1, -0.05) is 54.6 Å². The summed E-state index contributed by atoms with van der Waals surface area (Å²) in [6.45, 7) is 6.47. The number of hydrogen-bond acceptors (Lipinski definition) is 2. The zero-order valence-corrected chi connectivity index (χ0v) is 17.1. The molecule has 0 radical (unpaired) electrons. The molecule has 0 saturated heterocycles. The number of rotatable bonds is 6. The van der Waals surface area contributed by atoms with Crippen LogP contribution in [0.2, 0.25) is 0 Å². The number of carbonyl (C=O) groups excluding carboxylic acids is 2. The standard InChI is InChI=1S/C25H26N2O2/c1-18(2)27(17-20-10-6-4-7-11-20)25(29)22-15-14-19(3)23(16-22)26-24(28)21-12-8-5-9-13-21/h4-16,18H,17H2,1-3H3,(H,26,28). The number of nitrogens with one attached hydrogen (secondary N) is 1. The number of nitrogens with zero attached hydrogens (tertiary/aromatic N) is 1. The van der Waals surface area contributed by atoms with Gasteiger partial charge in [-0.3, -0.25) is 9.59 Å². The van der Waals surface area contributed by atoms with E-state index in [1.165, 1.54) is 0 Å². The lowest BCUT2D eigenvalue weighted by molar-refractivity contribution is 0.0690. The van der Waals surface area contributed by atoms with Gasteiger partial charge >= 0.3 is 0 Å². The van der Waals surface area contributed by atoms with Crippen molar-refractivity contribution in [1.29, 1.82) is 0 Å². The maximum absolute atomic E-state index is 13.2. The molecule has 0 saturated carbocycles. The Morgan fingerprint density at radius 2 is 1.48 bits per heavy atom. The number of benzene rings is 3. The summed E-state index contributed by atoms with van der Waals surface area (Å²) in [5.74, 6) is -0.248. The molecule has 0 aliphatic carbocycles. The van der Waals surface area contributed by atoms with Gasteiger partial charge in [-0.2, -0.15) is 0 Å². The number of hydrogen-bond donors (Lipinski definition) is 1. The summed E-state index contributed by atoms with van der Waals surface area (Å²) in [4.78, 5) is 27.6. The Morgan fingerprint density at radius 3 is 2.10 bits per heavy atom. The molecule has 3 aromatic rings. The smallest absolute Gasteiger partial charge is 0.255 e. The highest BCUT2D eigenvalue weighted by atomic mass is 16.2. The lowest BCUT2D eigenvalue weighted by atomic mass is 10.1. The summed E-state index contributed by atoms with van der Waals surface area (Å²) in [6.07, 6.45) is 0. The van der Waals surface area contributed by atoms with Crippen molar-refractivity contribution >= 4 is 17.5 Å². The van der Waals surface area contributed by atoms with E-state index in [4.69, 9.17) is 0 Å². The monoisotopic (exact) mass is 386 g/mol. The van der Waals surface area contributed by atoms with Crippen molar-refractivity contribution in [3.63, 3.8) is 0 Å². The first-order valence-electron chi connectivity index (χ1n) is 9.77. The van der Waals surface area contributed by atoms with E-state index in [1.807, 2.05) is 86.3 Å². The van der Waals surface area contributed by atoms with Crippen LogP contribution in [-0.4, -0.2) is 22.8 Å². The topological polar surface area (TPSA) is 49.4 Å². The van der Waals surface area contributed by atoms with E-state index in [0.717, 1.165) is 11.1 Å². The fraction of sp³-hybridized carbons (Fsp3) is 0.200. The van der Waals surface area contributed by atoms with Gasteiger partial charge < -0.3 is 10.2 Å². The molecule has 29 heavy (non-hydrogen) atoms. The molecule has 0 unspecified atom stereocenters. The molecule has 0 aromatic heterocycles. The Morgan fingerprint density at radius 1 is 0.862 bits per heavy atom. The summed E-state index contributed by atoms with van der Waals surface area (Å²) in [5, 5.41) is 2.93. The minimum Gasteiger partial charge on any atom is -0.332 e. The molecule has 0 atom stereocenters. The van der Waals surface area contributed by atoms with Crippen molar-refractivity contribution < 1.29 is 9.59 Å². The van der Waals surface area contributed by atoms with Crippen LogP contribution in [0.25, 0.3) is 0 Å². The van der Waals surface area contributed by atoms with E-state index in [1.54, 1.807) is 18.2 Å². The maximum atomic E-state index is 13.2. The minimum atomic E-state index is -0.191. The van der Waals surface area contributed by atoms with Crippen LogP contribution >= 0.6 is 0 Å². The highest BCUT2D eigenvalue weighted by Crippen LogP contribution is 2.21. The van der Waals surface area contributed by atoms with Crippen LogP contribution in [0.1, 0.15) is 45.7 Å². The Balaban J connectivity index is 1.83. The molecule has 3 aromatic carbocycles. The van der Waals surface area contributed by atoms with Crippen LogP contribution in [0.4, 0.5) is 5.69 Å². The Hall–Kier alpha value is -3.40. The predicted molar refractivity (Wildman–Crippen MR) is 117 cm³/mol. The van der Waals surface area contributed by atoms with Crippen LogP contribution in [0.3, 0.4) is 0 Å². The second-order valence-electron chi connectivity index (χ2n) is 7.36. The van der Waals surface area contributed by atoms with Crippen molar-refractivity contribution in [3.8, 4) is 0 Å². The Bertz CT molecular complexity index is 982. The van der Waals surface area contributed by atoms with E-state index in [2.05, 4.69) is 5.32 Å². The van der Waals surface area contributed by atoms with Crippen LogP contribution in [0.15, 0.2) is 78.9 Å². The van der Waals surface area contributed by atoms with Gasteiger partial charge in [0.15, 0.2) is 0 Å². The molecule has 0 fully saturated rings. The molecule has 0 spiro atoms. The summed E-state index contributed by atoms with van der Waals surface area (Å²) >= 11 is 0. The predicted octanol–water partition coefficient (Wildman–Crippen LogP) is 5.30. The first-order valence-corrected chi connectivity index (χ1v) is 9.77. The summed E-state index contributed by atoms with van der Waals surface area (Å²) in [5.41, 5.74) is 3.78. The van der Waals surface area contributed by atoms with Crippen molar-refractivity contribution in [1.82, 2.24) is 4.90 Å². The summed E-state index contributed by atoms with van der Waals surface area (Å²) < 4.78 is 0. The van der Waals surface area contributed by atoms with Gasteiger partial charge in [0.1, 0.15) is 0 Å². The van der Waals surface area contributed by atoms with E-state index in [-0.39, 0.29) is 17.9 Å². The van der Waals surface area contributed by atoms with Crippen molar-refractivity contribution in [3.05, 3.63) is 101 Å². The normalized spacial score (nSPS) is 10.6. The van der Waals surface area contributed by atoms with Crippen molar-refractivity contribution in [2.24, 2.45) is 0 Å². The molecule has 0 aliphatic rings. The number of amides is 2. The van der Waals surface area contributed by atoms with Crippen molar-refractivity contribution in [2.75, 3.05) is 5.32 Å². The first-order chi connectivity index (χ1) is 14.0. The molecule has 148 valence electrons. The third-order valence-electron chi connectivity index (χ3n) is 4.85. The van der Waals surface area contributed by atoms with Crippen LogP contribution in [-0.2, 0) is 6.54 Å². The van der Waals surface area contributed by atoms with E-state index < -0.39 is 0 Å². The average Bonchev–Trinajstić information content (AvgIpc) is 2.74. The highest BCUT2D eigenvalue weighted by molar-refractivity contribution is 6.05. The van der Waals surface area contributed by atoms with Gasteiger partial charge in [0.2, 0.25) is 0 Å². The molecule has 0 aliphatic heterocycles. The zero-order valence-electron chi connectivity index (χ0n) is 17.1. The molecular formula is C25H26N2O2. The molecule has 4 heteroatoms. The molecule has 4 nitrogen and oxygen atoms in total. The number of carbonyl (C=O) groups is 2. The Kier molecular flexibility index (Phi) is 6.45. The molecule has 3 rings (SSSR count). The third kappa shape index (κ3) is 5.11. The Labute approximate surface area is 172 Å². The van der Waals surface area contributed by atoms with Gasteiger partial charge in [-0.15, -0.1) is 0 Å². The molecule has 0 heterocycles. The summed E-state index contributed by atoms with van der Waals surface area (Å²) in [6, 6.07) is 24.5. The van der Waals surface area contributed by atoms with Crippen LogP contribution in [0.5, 0.6) is 0 Å². The quantitative estimate of drug-likeness (QED) is 0.625. The van der Waals surface area contributed by atoms with Crippen LogP contribution in [0, 0.1) is 6.92 Å². The lowest BCUT2D eigenvalue weighted by Gasteiger charge is -2.27. The average molecular weight is 386 g/mol. The first kappa shape index (κ1) is 20.3. The number of anilines is 1. The number of aryl methyl sites for hydroxylation is 1. The molecule has 2 amide bonds. The second kappa shape index (κ2) is 9.20. The lowest BCUT2D eigenvalue weighted by Crippen LogP contribution is -2.36. The van der Waals surface area contributed by atoms with E-state index in [0.29, 0.717) is 23.4 Å². The highest BCUT2D eigenvalue weighted by Gasteiger charge is 2.20.